The van der Waals surface area contributed by atoms with Crippen LogP contribution in [0.25, 0.3) is 0 Å². The van der Waals surface area contributed by atoms with Gasteiger partial charge >= 0.3 is 0 Å². The summed E-state index contributed by atoms with van der Waals surface area (Å²) in [7, 11) is 1.98. The Bertz CT molecular complexity index is 779. The smallest absolute Gasteiger partial charge is 0.239 e. The summed E-state index contributed by atoms with van der Waals surface area (Å²) in [4.78, 5) is 40.2. The van der Waals surface area contributed by atoms with E-state index in [9.17, 15) is 9.59 Å². The van der Waals surface area contributed by atoms with Crippen LogP contribution in [0.3, 0.4) is 0 Å². The zero-order valence-corrected chi connectivity index (χ0v) is 16.6. The minimum absolute atomic E-state index is 0.0756. The summed E-state index contributed by atoms with van der Waals surface area (Å²) in [5.41, 5.74) is 7.88. The maximum Gasteiger partial charge on any atom is 0.239 e. The molecular formula is C20H30N6O2. The summed E-state index contributed by atoms with van der Waals surface area (Å²) in [6, 6.07) is -0.0350. The topological polar surface area (TPSA) is 98.6 Å². The first-order chi connectivity index (χ1) is 13.5. The number of likely N-dealkylation sites (N-methyl/N-ethyl adjacent to an activating group) is 1. The number of hydrogen-bond acceptors (Lipinski definition) is 5. The molecule has 3 N–H and O–H groups in total. The SMILES string of the molecule is CN1C[C@@H](N)C[C@H]1C(=O)N1CCC2(CC1)c1nc[nH]c1CCN2C(=O)C1CC1. The van der Waals surface area contributed by atoms with Crippen molar-refractivity contribution >= 4 is 11.8 Å². The first-order valence-corrected chi connectivity index (χ1v) is 10.6. The molecule has 28 heavy (non-hydrogen) atoms. The number of amides is 2. The van der Waals surface area contributed by atoms with Crippen LogP contribution in [0.1, 0.15) is 43.5 Å². The fourth-order valence-electron chi connectivity index (χ4n) is 5.49. The first kappa shape index (κ1) is 18.1. The molecule has 0 radical (unpaired) electrons. The van der Waals surface area contributed by atoms with Crippen LogP contribution < -0.4 is 5.73 Å². The summed E-state index contributed by atoms with van der Waals surface area (Å²) < 4.78 is 0. The van der Waals surface area contributed by atoms with E-state index in [4.69, 9.17) is 5.73 Å². The highest BCUT2D eigenvalue weighted by Gasteiger charge is 2.51. The molecule has 0 unspecified atom stereocenters. The van der Waals surface area contributed by atoms with E-state index < -0.39 is 0 Å². The predicted molar refractivity (Wildman–Crippen MR) is 103 cm³/mol. The van der Waals surface area contributed by atoms with Crippen LogP contribution in [0.4, 0.5) is 0 Å². The maximum atomic E-state index is 13.1. The van der Waals surface area contributed by atoms with Crippen molar-refractivity contribution in [3.8, 4) is 0 Å². The van der Waals surface area contributed by atoms with Gasteiger partial charge in [0.25, 0.3) is 0 Å². The highest BCUT2D eigenvalue weighted by atomic mass is 16.2. The molecule has 2 amide bonds. The third-order valence-corrected chi connectivity index (χ3v) is 7.22. The van der Waals surface area contributed by atoms with Crippen molar-refractivity contribution in [2.75, 3.05) is 33.2 Å². The van der Waals surface area contributed by atoms with Gasteiger partial charge in [0, 0.05) is 50.3 Å². The minimum Gasteiger partial charge on any atom is -0.348 e. The summed E-state index contributed by atoms with van der Waals surface area (Å²) in [6.07, 6.45) is 6.87. The number of rotatable bonds is 2. The molecule has 8 nitrogen and oxygen atoms in total. The molecule has 0 bridgehead atoms. The number of carbonyl (C=O) groups is 2. The largest absolute Gasteiger partial charge is 0.348 e. The number of nitrogens with two attached hydrogens (primary N) is 1. The van der Waals surface area contributed by atoms with E-state index in [1.807, 2.05) is 11.9 Å². The second-order valence-corrected chi connectivity index (χ2v) is 9.05. The number of H-pyrrole nitrogens is 1. The number of fused-ring (bicyclic) bond motifs is 2. The number of imidazole rings is 1. The van der Waals surface area contributed by atoms with Crippen molar-refractivity contribution in [1.82, 2.24) is 24.7 Å². The van der Waals surface area contributed by atoms with Crippen LogP contribution in [0, 0.1) is 5.92 Å². The average Bonchev–Trinajstić information content (AvgIpc) is 3.33. The maximum absolute atomic E-state index is 13.1. The molecule has 1 aliphatic carbocycles. The molecule has 3 aliphatic heterocycles. The van der Waals surface area contributed by atoms with Gasteiger partial charge in [-0.15, -0.1) is 0 Å². The highest BCUT2D eigenvalue weighted by molar-refractivity contribution is 5.83. The Morgan fingerprint density at radius 2 is 1.96 bits per heavy atom. The van der Waals surface area contributed by atoms with Gasteiger partial charge in [0.1, 0.15) is 0 Å². The van der Waals surface area contributed by atoms with Crippen LogP contribution in [0.15, 0.2) is 6.33 Å². The zero-order valence-electron chi connectivity index (χ0n) is 16.6. The lowest BCUT2D eigenvalue weighted by atomic mass is 9.78. The Labute approximate surface area is 165 Å². The molecule has 2 atom stereocenters. The Balaban J connectivity index is 1.37. The average molecular weight is 387 g/mol. The van der Waals surface area contributed by atoms with Gasteiger partial charge in [-0.05, 0) is 39.2 Å². The number of aromatic amines is 1. The fraction of sp³-hybridized carbons (Fsp3) is 0.750. The summed E-state index contributed by atoms with van der Waals surface area (Å²) in [5.74, 6) is 0.670. The Morgan fingerprint density at radius 1 is 1.21 bits per heavy atom. The molecule has 1 saturated carbocycles. The zero-order chi connectivity index (χ0) is 19.5. The van der Waals surface area contributed by atoms with Crippen LogP contribution in [0.2, 0.25) is 0 Å². The van der Waals surface area contributed by atoms with E-state index in [0.29, 0.717) is 13.1 Å². The molecule has 1 aromatic heterocycles. The van der Waals surface area contributed by atoms with E-state index in [-0.39, 0.29) is 35.4 Å². The Kier molecular flexibility index (Phi) is 4.24. The van der Waals surface area contributed by atoms with Gasteiger partial charge in [0.2, 0.25) is 11.8 Å². The summed E-state index contributed by atoms with van der Waals surface area (Å²) >= 11 is 0. The third-order valence-electron chi connectivity index (χ3n) is 7.22. The lowest BCUT2D eigenvalue weighted by Crippen LogP contribution is -2.60. The van der Waals surface area contributed by atoms with Gasteiger partial charge in [-0.25, -0.2) is 4.98 Å². The standard InChI is InChI=1S/C20H30N6O2/c1-24-11-14(21)10-16(24)19(28)25-8-5-20(6-9-25)17-15(22-12-23-17)4-7-26(20)18(27)13-2-3-13/h12-14,16H,2-11,21H2,1H3,(H,22,23)/t14-,16-/m0/s1. The molecule has 8 heteroatoms. The number of nitrogens with one attached hydrogen (secondary N) is 1. The lowest BCUT2D eigenvalue weighted by molar-refractivity contribution is -0.146. The van der Waals surface area contributed by atoms with Gasteiger partial charge in [0.15, 0.2) is 0 Å². The monoisotopic (exact) mass is 386 g/mol. The lowest BCUT2D eigenvalue weighted by Gasteiger charge is -2.51. The van der Waals surface area contributed by atoms with Crippen LogP contribution >= 0.6 is 0 Å². The van der Waals surface area contributed by atoms with Gasteiger partial charge in [-0.2, -0.15) is 0 Å². The molecule has 4 heterocycles. The van der Waals surface area contributed by atoms with E-state index in [2.05, 4.69) is 19.8 Å². The van der Waals surface area contributed by atoms with E-state index in [1.54, 1.807) is 6.33 Å². The number of hydrogen-bond donors (Lipinski definition) is 2. The van der Waals surface area contributed by atoms with Crippen LogP contribution in [-0.4, -0.2) is 81.8 Å². The molecular weight excluding hydrogens is 356 g/mol. The first-order valence-electron chi connectivity index (χ1n) is 10.6. The molecule has 3 fully saturated rings. The van der Waals surface area contributed by atoms with Gasteiger partial charge in [-0.3, -0.25) is 14.5 Å². The van der Waals surface area contributed by atoms with Crippen LogP contribution in [-0.2, 0) is 21.5 Å². The molecule has 4 aliphatic rings. The number of aromatic nitrogens is 2. The van der Waals surface area contributed by atoms with Crippen molar-refractivity contribution < 1.29 is 9.59 Å². The van der Waals surface area contributed by atoms with E-state index in [0.717, 1.165) is 63.0 Å². The van der Waals surface area contributed by atoms with E-state index >= 15 is 0 Å². The fourth-order valence-corrected chi connectivity index (χ4v) is 5.49. The Morgan fingerprint density at radius 3 is 2.61 bits per heavy atom. The number of carbonyl (C=O) groups excluding carboxylic acids is 2. The molecule has 1 aromatic rings. The number of likely N-dealkylation sites (tertiary alicyclic amines) is 2. The molecule has 152 valence electrons. The molecule has 2 saturated heterocycles. The quantitative estimate of drug-likeness (QED) is 0.749. The van der Waals surface area contributed by atoms with Crippen molar-refractivity contribution in [1.29, 1.82) is 0 Å². The van der Waals surface area contributed by atoms with Gasteiger partial charge in [0.05, 0.1) is 23.6 Å². The number of nitrogens with zero attached hydrogens (tertiary/aromatic N) is 4. The van der Waals surface area contributed by atoms with Crippen LogP contribution in [0.5, 0.6) is 0 Å². The predicted octanol–water partition coefficient (Wildman–Crippen LogP) is 0.0535. The molecule has 0 aromatic carbocycles. The van der Waals surface area contributed by atoms with Crippen molar-refractivity contribution in [2.45, 2.75) is 56.1 Å². The third kappa shape index (κ3) is 2.76. The van der Waals surface area contributed by atoms with Crippen molar-refractivity contribution in [3.63, 3.8) is 0 Å². The minimum atomic E-state index is -0.359. The molecule has 1 spiro atoms. The number of piperidine rings is 1. The van der Waals surface area contributed by atoms with E-state index in [1.165, 1.54) is 0 Å². The summed E-state index contributed by atoms with van der Waals surface area (Å²) in [5, 5.41) is 0. The Hall–Kier alpha value is -1.93. The van der Waals surface area contributed by atoms with Gasteiger partial charge < -0.3 is 20.5 Å². The van der Waals surface area contributed by atoms with Gasteiger partial charge in [-0.1, -0.05) is 0 Å². The highest BCUT2D eigenvalue weighted by Crippen LogP contribution is 2.45. The molecule has 5 rings (SSSR count). The second kappa shape index (κ2) is 6.56. The normalized spacial score (nSPS) is 29.9. The summed E-state index contributed by atoms with van der Waals surface area (Å²) in [6.45, 7) is 2.85. The van der Waals surface area contributed by atoms with Crippen molar-refractivity contribution in [3.05, 3.63) is 17.7 Å². The second-order valence-electron chi connectivity index (χ2n) is 9.05. The van der Waals surface area contributed by atoms with Crippen molar-refractivity contribution in [2.24, 2.45) is 11.7 Å².